The predicted molar refractivity (Wildman–Crippen MR) is 68.6 cm³/mol. The Kier molecular flexibility index (Phi) is 5.07. The summed E-state index contributed by atoms with van der Waals surface area (Å²) in [5.41, 5.74) is 0.877. The fraction of sp³-hybridized carbons (Fsp3) is 0.538. The van der Waals surface area contributed by atoms with E-state index < -0.39 is 0 Å². The second-order valence-electron chi connectivity index (χ2n) is 4.65. The first-order valence-electron chi connectivity index (χ1n) is 5.70. The van der Waals surface area contributed by atoms with Gasteiger partial charge >= 0.3 is 0 Å². The molecule has 0 heterocycles. The van der Waals surface area contributed by atoms with Gasteiger partial charge in [-0.1, -0.05) is 25.4 Å². The topological polar surface area (TPSA) is 12.0 Å². The highest BCUT2D eigenvalue weighted by Crippen LogP contribution is 2.20. The zero-order valence-corrected chi connectivity index (χ0v) is 10.8. The zero-order chi connectivity index (χ0) is 12.1. The van der Waals surface area contributed by atoms with E-state index in [0.717, 1.165) is 12.1 Å². The summed E-state index contributed by atoms with van der Waals surface area (Å²) in [7, 11) is 0. The Morgan fingerprint density at radius 3 is 2.50 bits per heavy atom. The predicted octanol–water partition coefficient (Wildman–Crippen LogP) is 4.72. The molecule has 3 heteroatoms. The van der Waals surface area contributed by atoms with E-state index in [0.29, 0.717) is 12.0 Å². The van der Waals surface area contributed by atoms with Crippen molar-refractivity contribution in [2.45, 2.75) is 39.7 Å². The van der Waals surface area contributed by atoms with Gasteiger partial charge in [-0.2, -0.15) is 0 Å². The number of halogens is 2. The van der Waals surface area contributed by atoms with Crippen molar-refractivity contribution in [1.82, 2.24) is 0 Å². The fourth-order valence-corrected chi connectivity index (χ4v) is 1.71. The third-order valence-corrected chi connectivity index (χ3v) is 2.80. The van der Waals surface area contributed by atoms with Crippen molar-refractivity contribution in [2.75, 3.05) is 5.32 Å². The van der Waals surface area contributed by atoms with E-state index in [4.69, 9.17) is 11.6 Å². The Hall–Kier alpha value is -0.760. The average molecular weight is 244 g/mol. The van der Waals surface area contributed by atoms with Crippen molar-refractivity contribution in [2.24, 2.45) is 5.92 Å². The van der Waals surface area contributed by atoms with Crippen molar-refractivity contribution in [1.29, 1.82) is 0 Å². The molecule has 1 nitrogen and oxygen atoms in total. The summed E-state index contributed by atoms with van der Waals surface area (Å²) in [6.07, 6.45) is 2.29. The lowest BCUT2D eigenvalue weighted by Crippen LogP contribution is -2.15. The lowest BCUT2D eigenvalue weighted by atomic mass is 10.0. The molecule has 90 valence electrons. The van der Waals surface area contributed by atoms with E-state index >= 15 is 0 Å². The van der Waals surface area contributed by atoms with E-state index in [2.05, 4.69) is 26.1 Å². The Labute approximate surface area is 102 Å². The number of nitrogens with one attached hydrogen (secondary N) is 1. The molecule has 1 unspecified atom stereocenters. The molecular formula is C13H19ClFN. The highest BCUT2D eigenvalue weighted by molar-refractivity contribution is 6.31. The van der Waals surface area contributed by atoms with Gasteiger partial charge in [0.25, 0.3) is 0 Å². The van der Waals surface area contributed by atoms with Crippen LogP contribution in [0.25, 0.3) is 0 Å². The molecule has 0 spiro atoms. The number of rotatable bonds is 5. The minimum Gasteiger partial charge on any atom is -0.383 e. The summed E-state index contributed by atoms with van der Waals surface area (Å²) in [5.74, 6) is 0.336. The maximum atomic E-state index is 12.9. The molecule has 0 aromatic heterocycles. The molecular weight excluding hydrogens is 225 g/mol. The fourth-order valence-electron chi connectivity index (χ4n) is 1.53. The molecule has 0 saturated carbocycles. The standard InChI is InChI=1S/C13H19ClFN/c1-9(2)4-5-10(3)16-11-6-7-13(15)12(14)8-11/h6-10,16H,4-5H2,1-3H3. The van der Waals surface area contributed by atoms with Crippen molar-refractivity contribution in [3.63, 3.8) is 0 Å². The Morgan fingerprint density at radius 2 is 1.94 bits per heavy atom. The molecule has 1 N–H and O–H groups in total. The molecule has 0 radical (unpaired) electrons. The monoisotopic (exact) mass is 243 g/mol. The Balaban J connectivity index is 2.49. The van der Waals surface area contributed by atoms with Gasteiger partial charge in [-0.3, -0.25) is 0 Å². The SMILES string of the molecule is CC(C)CCC(C)Nc1ccc(F)c(Cl)c1. The molecule has 0 saturated heterocycles. The van der Waals surface area contributed by atoms with Crippen molar-refractivity contribution in [3.8, 4) is 0 Å². The number of hydrogen-bond donors (Lipinski definition) is 1. The second kappa shape index (κ2) is 6.09. The average Bonchev–Trinajstić information content (AvgIpc) is 2.21. The minimum absolute atomic E-state index is 0.168. The van der Waals surface area contributed by atoms with E-state index in [1.807, 2.05) is 0 Å². The summed E-state index contributed by atoms with van der Waals surface area (Å²) in [4.78, 5) is 0. The maximum absolute atomic E-state index is 12.9. The molecule has 1 aromatic rings. The summed E-state index contributed by atoms with van der Waals surface area (Å²) in [5, 5.41) is 3.48. The third kappa shape index (κ3) is 4.40. The van der Waals surface area contributed by atoms with Gasteiger partial charge in [-0.25, -0.2) is 4.39 Å². The first-order valence-corrected chi connectivity index (χ1v) is 6.08. The van der Waals surface area contributed by atoms with Crippen LogP contribution in [0.1, 0.15) is 33.6 Å². The van der Waals surface area contributed by atoms with Gasteiger partial charge < -0.3 is 5.32 Å². The summed E-state index contributed by atoms with van der Waals surface area (Å²) < 4.78 is 12.9. The molecule has 1 rings (SSSR count). The van der Waals surface area contributed by atoms with Crippen molar-refractivity contribution in [3.05, 3.63) is 29.0 Å². The molecule has 0 aliphatic heterocycles. The van der Waals surface area contributed by atoms with Crippen LogP contribution in [0.2, 0.25) is 5.02 Å². The largest absolute Gasteiger partial charge is 0.383 e. The van der Waals surface area contributed by atoms with Crippen LogP contribution in [0, 0.1) is 11.7 Å². The molecule has 0 amide bonds. The molecule has 0 fully saturated rings. The summed E-state index contributed by atoms with van der Waals surface area (Å²) >= 11 is 5.71. The lowest BCUT2D eigenvalue weighted by molar-refractivity contribution is 0.527. The number of benzene rings is 1. The first kappa shape index (κ1) is 13.3. The van der Waals surface area contributed by atoms with Gasteiger partial charge in [0.15, 0.2) is 0 Å². The molecule has 0 aliphatic rings. The van der Waals surface area contributed by atoms with Crippen LogP contribution in [0.15, 0.2) is 18.2 Å². The molecule has 0 bridgehead atoms. The van der Waals surface area contributed by atoms with Crippen molar-refractivity contribution < 1.29 is 4.39 Å². The molecule has 1 aromatic carbocycles. The van der Waals surface area contributed by atoms with Crippen LogP contribution in [-0.2, 0) is 0 Å². The Morgan fingerprint density at radius 1 is 1.25 bits per heavy atom. The number of anilines is 1. The van der Waals surface area contributed by atoms with Gasteiger partial charge in [0.05, 0.1) is 5.02 Å². The summed E-state index contributed by atoms with van der Waals surface area (Å²) in [6.45, 7) is 6.54. The maximum Gasteiger partial charge on any atom is 0.141 e. The van der Waals surface area contributed by atoms with Gasteiger partial charge in [-0.05, 0) is 43.9 Å². The minimum atomic E-state index is -0.373. The lowest BCUT2D eigenvalue weighted by Gasteiger charge is -2.16. The van der Waals surface area contributed by atoms with Crippen LogP contribution >= 0.6 is 11.6 Å². The van der Waals surface area contributed by atoms with Gasteiger partial charge in [0.1, 0.15) is 5.82 Å². The smallest absolute Gasteiger partial charge is 0.141 e. The van der Waals surface area contributed by atoms with E-state index in [-0.39, 0.29) is 10.8 Å². The second-order valence-corrected chi connectivity index (χ2v) is 5.05. The van der Waals surface area contributed by atoms with Gasteiger partial charge in [-0.15, -0.1) is 0 Å². The Bertz CT molecular complexity index is 339. The first-order chi connectivity index (χ1) is 7.49. The molecule has 0 aliphatic carbocycles. The summed E-state index contributed by atoms with van der Waals surface area (Å²) in [6, 6.07) is 5.11. The quantitative estimate of drug-likeness (QED) is 0.789. The van der Waals surface area contributed by atoms with Crippen LogP contribution in [0.3, 0.4) is 0 Å². The normalized spacial score (nSPS) is 12.9. The van der Waals surface area contributed by atoms with Crippen molar-refractivity contribution >= 4 is 17.3 Å². The third-order valence-electron chi connectivity index (χ3n) is 2.51. The number of hydrogen-bond acceptors (Lipinski definition) is 1. The van der Waals surface area contributed by atoms with E-state index in [9.17, 15) is 4.39 Å². The highest BCUT2D eigenvalue weighted by atomic mass is 35.5. The highest BCUT2D eigenvalue weighted by Gasteiger charge is 2.05. The molecule has 1 atom stereocenters. The van der Waals surface area contributed by atoms with Crippen LogP contribution in [-0.4, -0.2) is 6.04 Å². The van der Waals surface area contributed by atoms with Gasteiger partial charge in [0.2, 0.25) is 0 Å². The zero-order valence-electron chi connectivity index (χ0n) is 10.1. The van der Waals surface area contributed by atoms with Crippen LogP contribution in [0.5, 0.6) is 0 Å². The van der Waals surface area contributed by atoms with Crippen LogP contribution < -0.4 is 5.32 Å². The van der Waals surface area contributed by atoms with Gasteiger partial charge in [0, 0.05) is 11.7 Å². The molecule has 16 heavy (non-hydrogen) atoms. The van der Waals surface area contributed by atoms with E-state index in [1.165, 1.54) is 12.5 Å². The van der Waals surface area contributed by atoms with E-state index in [1.54, 1.807) is 12.1 Å². The van der Waals surface area contributed by atoms with Crippen LogP contribution in [0.4, 0.5) is 10.1 Å².